The fourth-order valence-corrected chi connectivity index (χ4v) is 2.92. The Kier molecular flexibility index (Phi) is 13.2. The molecule has 3 unspecified atom stereocenters. The predicted molar refractivity (Wildman–Crippen MR) is 100 cm³/mol. The maximum absolute atomic E-state index is 11.6. The highest BCUT2D eigenvalue weighted by Crippen LogP contribution is 2.23. The normalized spacial score (nSPS) is 15.0. The van der Waals surface area contributed by atoms with Gasteiger partial charge in [-0.1, -0.05) is 79.2 Å². The van der Waals surface area contributed by atoms with Crippen molar-refractivity contribution in [2.45, 2.75) is 92.4 Å². The largest absolute Gasteiger partial charge is 0.462 e. The van der Waals surface area contributed by atoms with Gasteiger partial charge >= 0.3 is 5.97 Å². The summed E-state index contributed by atoms with van der Waals surface area (Å²) in [6.45, 7) is 15.1. The van der Waals surface area contributed by atoms with Crippen LogP contribution in [0.3, 0.4) is 0 Å². The van der Waals surface area contributed by atoms with Crippen LogP contribution in [0.5, 0.6) is 0 Å². The summed E-state index contributed by atoms with van der Waals surface area (Å²) in [7, 11) is 0. The third-order valence-electron chi connectivity index (χ3n) is 4.90. The Labute approximate surface area is 145 Å². The molecule has 0 bridgehead atoms. The van der Waals surface area contributed by atoms with Gasteiger partial charge in [0.2, 0.25) is 0 Å². The van der Waals surface area contributed by atoms with Crippen LogP contribution < -0.4 is 0 Å². The molecule has 23 heavy (non-hydrogen) atoms. The van der Waals surface area contributed by atoms with E-state index in [4.69, 9.17) is 4.74 Å². The van der Waals surface area contributed by atoms with Crippen molar-refractivity contribution in [2.75, 3.05) is 6.61 Å². The second-order valence-electron chi connectivity index (χ2n) is 7.51. The average molecular weight is 325 g/mol. The monoisotopic (exact) mass is 324 g/mol. The number of hydrogen-bond acceptors (Lipinski definition) is 2. The van der Waals surface area contributed by atoms with Crippen molar-refractivity contribution >= 4 is 5.97 Å². The summed E-state index contributed by atoms with van der Waals surface area (Å²) in [4.78, 5) is 11.6. The zero-order valence-corrected chi connectivity index (χ0v) is 16.3. The highest BCUT2D eigenvalue weighted by atomic mass is 16.5. The molecule has 0 radical (unpaired) electrons. The standard InChI is InChI=1S/C21H40O2/c1-7-11-19(6)14-15-20(16-23-21(22)17(3)4)13-10-9-12-18(5)8-2/h18-20H,3,7-16H2,1-2,4-6H3. The summed E-state index contributed by atoms with van der Waals surface area (Å²) in [6, 6.07) is 0. The van der Waals surface area contributed by atoms with Crippen LogP contribution in [0, 0.1) is 17.8 Å². The van der Waals surface area contributed by atoms with Gasteiger partial charge in [-0.3, -0.25) is 0 Å². The minimum absolute atomic E-state index is 0.240. The van der Waals surface area contributed by atoms with Gasteiger partial charge in [0.25, 0.3) is 0 Å². The molecule has 0 aromatic rings. The van der Waals surface area contributed by atoms with Crippen LogP contribution >= 0.6 is 0 Å². The minimum atomic E-state index is -0.240. The lowest BCUT2D eigenvalue weighted by atomic mass is 9.90. The van der Waals surface area contributed by atoms with E-state index in [1.807, 2.05) is 0 Å². The second kappa shape index (κ2) is 13.6. The molecule has 0 heterocycles. The first-order valence-electron chi connectivity index (χ1n) is 9.73. The van der Waals surface area contributed by atoms with E-state index in [1.54, 1.807) is 6.92 Å². The Morgan fingerprint density at radius 3 is 2.17 bits per heavy atom. The van der Waals surface area contributed by atoms with E-state index in [1.165, 1.54) is 57.8 Å². The van der Waals surface area contributed by atoms with Crippen LogP contribution in [0.25, 0.3) is 0 Å². The molecule has 0 aliphatic carbocycles. The van der Waals surface area contributed by atoms with Crippen molar-refractivity contribution in [1.29, 1.82) is 0 Å². The molecule has 0 saturated carbocycles. The van der Waals surface area contributed by atoms with Crippen molar-refractivity contribution in [3.8, 4) is 0 Å². The highest BCUT2D eigenvalue weighted by Gasteiger charge is 2.14. The van der Waals surface area contributed by atoms with Gasteiger partial charge in [0.1, 0.15) is 0 Å². The number of unbranched alkanes of at least 4 members (excludes halogenated alkanes) is 1. The van der Waals surface area contributed by atoms with Crippen LogP contribution in [0.2, 0.25) is 0 Å². The van der Waals surface area contributed by atoms with E-state index in [2.05, 4.69) is 34.3 Å². The van der Waals surface area contributed by atoms with Crippen molar-refractivity contribution in [3.05, 3.63) is 12.2 Å². The molecule has 2 heteroatoms. The van der Waals surface area contributed by atoms with E-state index in [-0.39, 0.29) is 5.97 Å². The number of carbonyl (C=O) groups is 1. The lowest BCUT2D eigenvalue weighted by Gasteiger charge is -2.19. The van der Waals surface area contributed by atoms with Crippen LogP contribution in [0.4, 0.5) is 0 Å². The van der Waals surface area contributed by atoms with Gasteiger partial charge in [0.05, 0.1) is 6.61 Å². The topological polar surface area (TPSA) is 26.3 Å². The maximum Gasteiger partial charge on any atom is 0.333 e. The summed E-state index contributed by atoms with van der Waals surface area (Å²) < 4.78 is 5.42. The van der Waals surface area contributed by atoms with E-state index < -0.39 is 0 Å². The van der Waals surface area contributed by atoms with Gasteiger partial charge < -0.3 is 4.74 Å². The van der Waals surface area contributed by atoms with Gasteiger partial charge in [-0.05, 0) is 37.5 Å². The molecule has 0 aliphatic rings. The molecule has 3 atom stereocenters. The third-order valence-corrected chi connectivity index (χ3v) is 4.90. The molecule has 0 aliphatic heterocycles. The quantitative estimate of drug-likeness (QED) is 0.206. The molecule has 0 aromatic heterocycles. The zero-order valence-electron chi connectivity index (χ0n) is 16.3. The molecular weight excluding hydrogens is 284 g/mol. The molecule has 0 saturated heterocycles. The fraction of sp³-hybridized carbons (Fsp3) is 0.857. The van der Waals surface area contributed by atoms with E-state index in [0.29, 0.717) is 18.1 Å². The molecule has 0 aromatic carbocycles. The Morgan fingerprint density at radius 2 is 1.61 bits per heavy atom. The van der Waals surface area contributed by atoms with E-state index >= 15 is 0 Å². The molecule has 2 nitrogen and oxygen atoms in total. The SMILES string of the molecule is C=C(C)C(=O)OCC(CCCCC(C)CC)CCC(C)CCC. The molecule has 136 valence electrons. The first-order valence-corrected chi connectivity index (χ1v) is 9.73. The molecule has 0 spiro atoms. The smallest absolute Gasteiger partial charge is 0.333 e. The average Bonchev–Trinajstić information content (AvgIpc) is 2.52. The number of esters is 1. The summed E-state index contributed by atoms with van der Waals surface area (Å²) >= 11 is 0. The van der Waals surface area contributed by atoms with Gasteiger partial charge in [0, 0.05) is 5.57 Å². The van der Waals surface area contributed by atoms with Crippen molar-refractivity contribution in [1.82, 2.24) is 0 Å². The fourth-order valence-electron chi connectivity index (χ4n) is 2.92. The lowest BCUT2D eigenvalue weighted by molar-refractivity contribution is -0.140. The van der Waals surface area contributed by atoms with Crippen LogP contribution in [0.15, 0.2) is 12.2 Å². The van der Waals surface area contributed by atoms with Gasteiger partial charge in [0.15, 0.2) is 0 Å². The van der Waals surface area contributed by atoms with Crippen molar-refractivity contribution in [2.24, 2.45) is 17.8 Å². The van der Waals surface area contributed by atoms with E-state index in [0.717, 1.165) is 11.8 Å². The highest BCUT2D eigenvalue weighted by molar-refractivity contribution is 5.86. The molecule has 0 fully saturated rings. The van der Waals surface area contributed by atoms with Gasteiger partial charge in [-0.25, -0.2) is 4.79 Å². The van der Waals surface area contributed by atoms with Crippen molar-refractivity contribution < 1.29 is 9.53 Å². The minimum Gasteiger partial charge on any atom is -0.462 e. The molecular formula is C21H40O2. The number of carbonyl (C=O) groups excluding carboxylic acids is 1. The Hall–Kier alpha value is -0.790. The van der Waals surface area contributed by atoms with Crippen LogP contribution in [-0.4, -0.2) is 12.6 Å². The summed E-state index contributed by atoms with van der Waals surface area (Å²) in [5, 5.41) is 0. The zero-order chi connectivity index (χ0) is 17.7. The van der Waals surface area contributed by atoms with Gasteiger partial charge in [-0.2, -0.15) is 0 Å². The molecule has 0 N–H and O–H groups in total. The van der Waals surface area contributed by atoms with Crippen LogP contribution in [0.1, 0.15) is 92.4 Å². The maximum atomic E-state index is 11.6. The summed E-state index contributed by atoms with van der Waals surface area (Å²) in [6.07, 6.45) is 11.3. The molecule has 0 rings (SSSR count). The molecule has 0 amide bonds. The summed E-state index contributed by atoms with van der Waals surface area (Å²) in [5.41, 5.74) is 0.500. The van der Waals surface area contributed by atoms with E-state index in [9.17, 15) is 4.79 Å². The third kappa shape index (κ3) is 12.3. The number of rotatable bonds is 14. The summed E-state index contributed by atoms with van der Waals surface area (Å²) in [5.74, 6) is 1.88. The first kappa shape index (κ1) is 22.2. The van der Waals surface area contributed by atoms with Gasteiger partial charge in [-0.15, -0.1) is 0 Å². The lowest BCUT2D eigenvalue weighted by Crippen LogP contribution is -2.16. The number of ether oxygens (including phenoxy) is 1. The number of hydrogen-bond donors (Lipinski definition) is 0. The second-order valence-corrected chi connectivity index (χ2v) is 7.51. The van der Waals surface area contributed by atoms with Crippen molar-refractivity contribution in [3.63, 3.8) is 0 Å². The first-order chi connectivity index (χ1) is 10.9. The Morgan fingerprint density at radius 1 is 0.957 bits per heavy atom. The van der Waals surface area contributed by atoms with Crippen LogP contribution in [-0.2, 0) is 9.53 Å². The Balaban J connectivity index is 4.20. The predicted octanol–water partition coefficient (Wildman–Crippen LogP) is 6.54. The Bertz CT molecular complexity index is 322.